The van der Waals surface area contributed by atoms with Crippen LogP contribution in [0.5, 0.6) is 0 Å². The lowest BCUT2D eigenvalue weighted by Crippen LogP contribution is -2.56. The predicted molar refractivity (Wildman–Crippen MR) is 84.7 cm³/mol. The van der Waals surface area contributed by atoms with Crippen molar-refractivity contribution in [2.75, 3.05) is 32.7 Å². The first-order valence-corrected chi connectivity index (χ1v) is 8.07. The predicted octanol–water partition coefficient (Wildman–Crippen LogP) is 2.57. The van der Waals surface area contributed by atoms with Gasteiger partial charge >= 0.3 is 0 Å². The highest BCUT2D eigenvalue weighted by atomic mass is 15.3. The highest BCUT2D eigenvalue weighted by Gasteiger charge is 2.27. The third kappa shape index (κ3) is 5.80. The summed E-state index contributed by atoms with van der Waals surface area (Å²) >= 11 is 0. The molecule has 0 bridgehead atoms. The summed E-state index contributed by atoms with van der Waals surface area (Å²) in [5, 5.41) is 3.67. The molecule has 0 aromatic rings. The topological polar surface area (TPSA) is 18.5 Å². The fourth-order valence-electron chi connectivity index (χ4n) is 2.87. The van der Waals surface area contributed by atoms with E-state index in [9.17, 15) is 0 Å². The lowest BCUT2D eigenvalue weighted by atomic mass is 10.0. The Kier molecular flexibility index (Phi) is 6.78. The third-order valence-corrected chi connectivity index (χ3v) is 4.37. The third-order valence-electron chi connectivity index (χ3n) is 4.37. The molecule has 1 rings (SSSR count). The SMILES string of the molecule is CCCC(C)NCC(C)N1CCN(C(C)(C)C)CC1. The van der Waals surface area contributed by atoms with E-state index < -0.39 is 0 Å². The number of rotatable bonds is 6. The van der Waals surface area contributed by atoms with Crippen molar-refractivity contribution in [2.45, 2.75) is 72.0 Å². The van der Waals surface area contributed by atoms with Gasteiger partial charge in [0, 0.05) is 50.3 Å². The van der Waals surface area contributed by atoms with Crippen molar-refractivity contribution >= 4 is 0 Å². The van der Waals surface area contributed by atoms with Gasteiger partial charge in [0.15, 0.2) is 0 Å². The molecule has 1 saturated heterocycles. The van der Waals surface area contributed by atoms with Crippen LogP contribution in [0.15, 0.2) is 0 Å². The molecule has 114 valence electrons. The fraction of sp³-hybridized carbons (Fsp3) is 1.00. The van der Waals surface area contributed by atoms with Crippen LogP contribution in [0.1, 0.15) is 54.4 Å². The van der Waals surface area contributed by atoms with Gasteiger partial charge in [-0.25, -0.2) is 0 Å². The van der Waals surface area contributed by atoms with E-state index in [0.29, 0.717) is 17.6 Å². The minimum Gasteiger partial charge on any atom is -0.313 e. The van der Waals surface area contributed by atoms with Gasteiger partial charge in [-0.05, 0) is 41.0 Å². The van der Waals surface area contributed by atoms with Crippen LogP contribution >= 0.6 is 0 Å². The Morgan fingerprint density at radius 3 is 2.11 bits per heavy atom. The van der Waals surface area contributed by atoms with Crippen molar-refractivity contribution in [3.8, 4) is 0 Å². The Hall–Kier alpha value is -0.120. The quantitative estimate of drug-likeness (QED) is 0.799. The Morgan fingerprint density at radius 1 is 1.05 bits per heavy atom. The molecule has 0 radical (unpaired) electrons. The van der Waals surface area contributed by atoms with Crippen LogP contribution in [-0.4, -0.2) is 60.1 Å². The van der Waals surface area contributed by atoms with Crippen LogP contribution in [0.4, 0.5) is 0 Å². The number of hydrogen-bond donors (Lipinski definition) is 1. The minimum absolute atomic E-state index is 0.323. The summed E-state index contributed by atoms with van der Waals surface area (Å²) in [4.78, 5) is 5.23. The molecule has 2 atom stereocenters. The molecule has 3 nitrogen and oxygen atoms in total. The monoisotopic (exact) mass is 269 g/mol. The summed E-state index contributed by atoms with van der Waals surface area (Å²) in [6.07, 6.45) is 2.55. The fourth-order valence-corrected chi connectivity index (χ4v) is 2.87. The maximum absolute atomic E-state index is 3.67. The molecule has 0 saturated carbocycles. The van der Waals surface area contributed by atoms with Crippen molar-refractivity contribution in [3.63, 3.8) is 0 Å². The highest BCUT2D eigenvalue weighted by molar-refractivity contribution is 4.84. The van der Waals surface area contributed by atoms with Gasteiger partial charge in [-0.3, -0.25) is 9.80 Å². The molecule has 1 fully saturated rings. The standard InChI is InChI=1S/C16H35N3/c1-7-8-14(2)17-13-15(3)18-9-11-19(12-10-18)16(4,5)6/h14-15,17H,7-13H2,1-6H3. The average molecular weight is 269 g/mol. The molecule has 1 aliphatic heterocycles. The van der Waals surface area contributed by atoms with Crippen LogP contribution in [0.2, 0.25) is 0 Å². The van der Waals surface area contributed by atoms with Crippen molar-refractivity contribution in [1.82, 2.24) is 15.1 Å². The van der Waals surface area contributed by atoms with Crippen molar-refractivity contribution < 1.29 is 0 Å². The number of nitrogens with zero attached hydrogens (tertiary/aromatic N) is 2. The maximum Gasteiger partial charge on any atom is 0.0193 e. The largest absolute Gasteiger partial charge is 0.313 e. The Bertz CT molecular complexity index is 239. The lowest BCUT2D eigenvalue weighted by molar-refractivity contribution is 0.0451. The molecular formula is C16H35N3. The summed E-state index contributed by atoms with van der Waals surface area (Å²) in [6.45, 7) is 19.8. The molecule has 3 heteroatoms. The zero-order valence-electron chi connectivity index (χ0n) is 14.0. The summed E-state index contributed by atoms with van der Waals surface area (Å²) in [5.41, 5.74) is 0.323. The van der Waals surface area contributed by atoms with E-state index in [1.807, 2.05) is 0 Å². The average Bonchev–Trinajstić information content (AvgIpc) is 2.35. The van der Waals surface area contributed by atoms with E-state index in [0.717, 1.165) is 6.54 Å². The molecule has 1 aliphatic rings. The van der Waals surface area contributed by atoms with E-state index in [-0.39, 0.29) is 0 Å². The van der Waals surface area contributed by atoms with E-state index in [2.05, 4.69) is 56.7 Å². The van der Waals surface area contributed by atoms with Crippen molar-refractivity contribution in [3.05, 3.63) is 0 Å². The highest BCUT2D eigenvalue weighted by Crippen LogP contribution is 2.16. The molecule has 0 aromatic carbocycles. The van der Waals surface area contributed by atoms with Gasteiger partial charge in [0.1, 0.15) is 0 Å². The Labute approximate surface area is 120 Å². The molecule has 0 amide bonds. The van der Waals surface area contributed by atoms with Gasteiger partial charge in [-0.15, -0.1) is 0 Å². The van der Waals surface area contributed by atoms with E-state index in [4.69, 9.17) is 0 Å². The number of hydrogen-bond acceptors (Lipinski definition) is 3. The zero-order chi connectivity index (χ0) is 14.5. The van der Waals surface area contributed by atoms with E-state index >= 15 is 0 Å². The Morgan fingerprint density at radius 2 is 1.63 bits per heavy atom. The van der Waals surface area contributed by atoms with Gasteiger partial charge in [-0.2, -0.15) is 0 Å². The van der Waals surface area contributed by atoms with Gasteiger partial charge in [0.2, 0.25) is 0 Å². The van der Waals surface area contributed by atoms with Crippen LogP contribution in [0.3, 0.4) is 0 Å². The normalized spacial score (nSPS) is 22.4. The van der Waals surface area contributed by atoms with Gasteiger partial charge < -0.3 is 5.32 Å². The first kappa shape index (κ1) is 16.9. The van der Waals surface area contributed by atoms with E-state index in [1.165, 1.54) is 39.0 Å². The van der Waals surface area contributed by atoms with E-state index in [1.54, 1.807) is 0 Å². The summed E-state index contributed by atoms with van der Waals surface area (Å²) < 4.78 is 0. The second-order valence-electron chi connectivity index (χ2n) is 7.14. The number of nitrogens with one attached hydrogen (secondary N) is 1. The second-order valence-corrected chi connectivity index (χ2v) is 7.14. The second kappa shape index (κ2) is 7.61. The van der Waals surface area contributed by atoms with Gasteiger partial charge in [0.05, 0.1) is 0 Å². The van der Waals surface area contributed by atoms with Crippen LogP contribution < -0.4 is 5.32 Å². The Balaban J connectivity index is 2.27. The van der Waals surface area contributed by atoms with Crippen molar-refractivity contribution in [2.24, 2.45) is 0 Å². The molecule has 0 aromatic heterocycles. The molecule has 0 aliphatic carbocycles. The number of piperazine rings is 1. The van der Waals surface area contributed by atoms with Crippen LogP contribution in [-0.2, 0) is 0 Å². The first-order chi connectivity index (χ1) is 8.84. The zero-order valence-corrected chi connectivity index (χ0v) is 14.0. The van der Waals surface area contributed by atoms with Crippen LogP contribution in [0.25, 0.3) is 0 Å². The maximum atomic E-state index is 3.67. The molecule has 19 heavy (non-hydrogen) atoms. The van der Waals surface area contributed by atoms with Crippen molar-refractivity contribution in [1.29, 1.82) is 0 Å². The summed E-state index contributed by atoms with van der Waals surface area (Å²) in [5.74, 6) is 0. The lowest BCUT2D eigenvalue weighted by Gasteiger charge is -2.44. The molecule has 0 spiro atoms. The first-order valence-electron chi connectivity index (χ1n) is 8.07. The molecule has 2 unspecified atom stereocenters. The smallest absolute Gasteiger partial charge is 0.0193 e. The van der Waals surface area contributed by atoms with Crippen LogP contribution in [0, 0.1) is 0 Å². The molecular weight excluding hydrogens is 234 g/mol. The molecule has 1 N–H and O–H groups in total. The minimum atomic E-state index is 0.323. The van der Waals surface area contributed by atoms with Gasteiger partial charge in [0.25, 0.3) is 0 Å². The molecule has 1 heterocycles. The van der Waals surface area contributed by atoms with Gasteiger partial charge in [-0.1, -0.05) is 13.3 Å². The summed E-state index contributed by atoms with van der Waals surface area (Å²) in [6, 6.07) is 1.31. The summed E-state index contributed by atoms with van der Waals surface area (Å²) in [7, 11) is 0.